The molecule has 0 aromatic carbocycles. The van der Waals surface area contributed by atoms with Crippen LogP contribution in [0.2, 0.25) is 0 Å². The lowest BCUT2D eigenvalue weighted by Crippen LogP contribution is -2.25. The molecular weight excluding hydrogens is 162 g/mol. The Morgan fingerprint density at radius 2 is 2.45 bits per heavy atom. The summed E-state index contributed by atoms with van der Waals surface area (Å²) in [5.41, 5.74) is -0.491. The predicted octanol–water partition coefficient (Wildman–Crippen LogP) is 2.08. The van der Waals surface area contributed by atoms with Crippen molar-refractivity contribution < 1.29 is 4.74 Å². The van der Waals surface area contributed by atoms with Crippen LogP contribution in [0, 0.1) is 11.3 Å². The number of hydrogen-bond acceptors (Lipinski definition) is 2. The van der Waals surface area contributed by atoms with Crippen LogP contribution in [-0.4, -0.2) is 18.1 Å². The van der Waals surface area contributed by atoms with Gasteiger partial charge in [-0.3, -0.25) is 0 Å². The maximum absolute atomic E-state index is 8.83. The highest BCUT2D eigenvalue weighted by molar-refractivity contribution is 6.17. The van der Waals surface area contributed by atoms with E-state index in [0.717, 1.165) is 32.3 Å². The minimum absolute atomic E-state index is 0.491. The van der Waals surface area contributed by atoms with Crippen LogP contribution in [0.3, 0.4) is 0 Å². The summed E-state index contributed by atoms with van der Waals surface area (Å²) >= 11 is 5.53. The molecule has 0 N–H and O–H groups in total. The predicted molar refractivity (Wildman–Crippen MR) is 43.5 cm³/mol. The van der Waals surface area contributed by atoms with Gasteiger partial charge in [-0.15, -0.1) is 11.6 Å². The molecule has 62 valence electrons. The Morgan fingerprint density at radius 3 is 2.91 bits per heavy atom. The molecule has 0 saturated carbocycles. The average Bonchev–Trinajstić information content (AvgIpc) is 2.50. The summed E-state index contributed by atoms with van der Waals surface area (Å²) in [6, 6.07) is 2.23. The molecule has 3 heteroatoms. The largest absolute Gasteiger partial charge is 0.360 e. The van der Waals surface area contributed by atoms with Crippen molar-refractivity contribution in [3.8, 4) is 6.07 Å². The van der Waals surface area contributed by atoms with Crippen molar-refractivity contribution in [2.24, 2.45) is 0 Å². The molecule has 0 radical (unpaired) electrons. The highest BCUT2D eigenvalue weighted by Gasteiger charge is 2.34. The zero-order valence-corrected chi connectivity index (χ0v) is 7.23. The number of halogens is 1. The Balaban J connectivity index is 2.41. The van der Waals surface area contributed by atoms with E-state index in [1.165, 1.54) is 0 Å². The van der Waals surface area contributed by atoms with E-state index in [4.69, 9.17) is 21.6 Å². The fourth-order valence-corrected chi connectivity index (χ4v) is 1.52. The zero-order chi connectivity index (χ0) is 8.16. The SMILES string of the molecule is N#C[C@@]1(CCCCl)CCCO1. The van der Waals surface area contributed by atoms with Crippen molar-refractivity contribution >= 4 is 11.6 Å². The standard InChI is InChI=1S/C8H12ClNO/c9-5-1-3-8(7-10)4-2-6-11-8/h1-6H2/t8-/m1/s1. The Hall–Kier alpha value is -0.260. The molecule has 0 bridgehead atoms. The van der Waals surface area contributed by atoms with E-state index in [1.54, 1.807) is 0 Å². The Labute approximate surface area is 72.1 Å². The molecule has 1 aliphatic rings. The van der Waals surface area contributed by atoms with Crippen LogP contribution < -0.4 is 0 Å². The molecule has 11 heavy (non-hydrogen) atoms. The highest BCUT2D eigenvalue weighted by Crippen LogP contribution is 2.29. The maximum Gasteiger partial charge on any atom is 0.154 e. The first-order valence-electron chi connectivity index (χ1n) is 3.94. The molecule has 0 aromatic heterocycles. The van der Waals surface area contributed by atoms with Gasteiger partial charge in [-0.05, 0) is 25.7 Å². The highest BCUT2D eigenvalue weighted by atomic mass is 35.5. The summed E-state index contributed by atoms with van der Waals surface area (Å²) in [7, 11) is 0. The third kappa shape index (κ3) is 2.08. The van der Waals surface area contributed by atoms with Crippen molar-refractivity contribution in [3.05, 3.63) is 0 Å². The number of hydrogen-bond donors (Lipinski definition) is 0. The van der Waals surface area contributed by atoms with E-state index in [2.05, 4.69) is 6.07 Å². The Bertz CT molecular complexity index is 158. The van der Waals surface area contributed by atoms with Crippen LogP contribution in [0.25, 0.3) is 0 Å². The van der Waals surface area contributed by atoms with Gasteiger partial charge in [-0.25, -0.2) is 0 Å². The Morgan fingerprint density at radius 1 is 1.64 bits per heavy atom. The molecule has 0 aromatic rings. The number of alkyl halides is 1. The van der Waals surface area contributed by atoms with E-state index < -0.39 is 5.60 Å². The first-order valence-corrected chi connectivity index (χ1v) is 4.48. The second-order valence-electron chi connectivity index (χ2n) is 2.85. The Kier molecular flexibility index (Phi) is 3.16. The third-order valence-electron chi connectivity index (χ3n) is 2.02. The first-order chi connectivity index (χ1) is 5.33. The fourth-order valence-electron chi connectivity index (χ4n) is 1.39. The monoisotopic (exact) mass is 173 g/mol. The number of nitrogens with zero attached hydrogens (tertiary/aromatic N) is 1. The fraction of sp³-hybridized carbons (Fsp3) is 0.875. The van der Waals surface area contributed by atoms with Gasteiger partial charge in [-0.2, -0.15) is 5.26 Å². The van der Waals surface area contributed by atoms with E-state index in [1.807, 2.05) is 0 Å². The smallest absolute Gasteiger partial charge is 0.154 e. The first kappa shape index (κ1) is 8.83. The van der Waals surface area contributed by atoms with Crippen molar-refractivity contribution in [1.29, 1.82) is 5.26 Å². The maximum atomic E-state index is 8.83. The second kappa shape index (κ2) is 3.94. The number of ether oxygens (including phenoxy) is 1. The molecule has 0 aliphatic carbocycles. The van der Waals surface area contributed by atoms with Gasteiger partial charge in [0.2, 0.25) is 0 Å². The van der Waals surface area contributed by atoms with E-state index in [9.17, 15) is 0 Å². The van der Waals surface area contributed by atoms with Gasteiger partial charge in [-0.1, -0.05) is 0 Å². The van der Waals surface area contributed by atoms with Crippen LogP contribution in [0.1, 0.15) is 25.7 Å². The lowest BCUT2D eigenvalue weighted by Gasteiger charge is -2.18. The van der Waals surface area contributed by atoms with Gasteiger partial charge in [0.15, 0.2) is 5.60 Å². The molecular formula is C8H12ClNO. The van der Waals surface area contributed by atoms with Crippen molar-refractivity contribution in [1.82, 2.24) is 0 Å². The molecule has 0 amide bonds. The lowest BCUT2D eigenvalue weighted by molar-refractivity contribution is 0.0444. The molecule has 0 spiro atoms. The van der Waals surface area contributed by atoms with Gasteiger partial charge >= 0.3 is 0 Å². The minimum Gasteiger partial charge on any atom is -0.360 e. The van der Waals surface area contributed by atoms with Crippen LogP contribution in [0.5, 0.6) is 0 Å². The molecule has 1 rings (SSSR count). The molecule has 1 saturated heterocycles. The van der Waals surface area contributed by atoms with Gasteiger partial charge in [0.05, 0.1) is 6.07 Å². The third-order valence-corrected chi connectivity index (χ3v) is 2.29. The molecule has 0 unspecified atom stereocenters. The van der Waals surface area contributed by atoms with Crippen molar-refractivity contribution in [3.63, 3.8) is 0 Å². The van der Waals surface area contributed by atoms with Crippen molar-refractivity contribution in [2.75, 3.05) is 12.5 Å². The van der Waals surface area contributed by atoms with E-state index >= 15 is 0 Å². The van der Waals surface area contributed by atoms with E-state index in [-0.39, 0.29) is 0 Å². The quantitative estimate of drug-likeness (QED) is 0.613. The molecule has 2 nitrogen and oxygen atoms in total. The van der Waals surface area contributed by atoms with Crippen LogP contribution in [0.4, 0.5) is 0 Å². The molecule has 1 aliphatic heterocycles. The molecule has 1 heterocycles. The van der Waals surface area contributed by atoms with Crippen molar-refractivity contribution in [2.45, 2.75) is 31.3 Å². The van der Waals surface area contributed by atoms with Gasteiger partial charge < -0.3 is 4.74 Å². The topological polar surface area (TPSA) is 33.0 Å². The summed E-state index contributed by atoms with van der Waals surface area (Å²) in [6.07, 6.45) is 3.54. The molecule has 1 fully saturated rings. The summed E-state index contributed by atoms with van der Waals surface area (Å²) in [6.45, 7) is 0.732. The zero-order valence-electron chi connectivity index (χ0n) is 6.48. The summed E-state index contributed by atoms with van der Waals surface area (Å²) in [5.74, 6) is 0.618. The minimum atomic E-state index is -0.491. The van der Waals surface area contributed by atoms with Crippen LogP contribution in [-0.2, 0) is 4.74 Å². The average molecular weight is 174 g/mol. The van der Waals surface area contributed by atoms with Gasteiger partial charge in [0.25, 0.3) is 0 Å². The second-order valence-corrected chi connectivity index (χ2v) is 3.23. The van der Waals surface area contributed by atoms with E-state index in [0.29, 0.717) is 5.88 Å². The lowest BCUT2D eigenvalue weighted by atomic mass is 9.96. The summed E-state index contributed by atoms with van der Waals surface area (Å²) in [5, 5.41) is 8.83. The van der Waals surface area contributed by atoms with Crippen LogP contribution >= 0.6 is 11.6 Å². The normalized spacial score (nSPS) is 30.2. The summed E-state index contributed by atoms with van der Waals surface area (Å²) in [4.78, 5) is 0. The summed E-state index contributed by atoms with van der Waals surface area (Å²) < 4.78 is 5.37. The number of nitriles is 1. The van der Waals surface area contributed by atoms with Crippen LogP contribution in [0.15, 0.2) is 0 Å². The molecule has 1 atom stereocenters. The number of rotatable bonds is 3. The van der Waals surface area contributed by atoms with Gasteiger partial charge in [0, 0.05) is 12.5 Å². The van der Waals surface area contributed by atoms with Gasteiger partial charge in [0.1, 0.15) is 0 Å².